The molecule has 0 saturated carbocycles. The fraction of sp³-hybridized carbons (Fsp3) is 0.500. The fourth-order valence-corrected chi connectivity index (χ4v) is 1.37. The second-order valence-corrected chi connectivity index (χ2v) is 3.02. The van der Waals surface area contributed by atoms with Crippen molar-refractivity contribution in [2.75, 3.05) is 0 Å². The summed E-state index contributed by atoms with van der Waals surface area (Å²) in [5.74, 6) is 0. The number of aryl methyl sites for hydroxylation is 2. The molecule has 0 unspecified atom stereocenters. The zero-order chi connectivity index (χ0) is 13.8. The monoisotopic (exact) mass is 235 g/mol. The van der Waals surface area contributed by atoms with Crippen LogP contribution in [0.15, 0.2) is 24.4 Å². The highest BCUT2D eigenvalue weighted by atomic mass is 14.7. The van der Waals surface area contributed by atoms with E-state index in [0.29, 0.717) is 0 Å². The number of H-pyrrole nitrogens is 1. The van der Waals surface area contributed by atoms with Crippen molar-refractivity contribution in [1.29, 1.82) is 0 Å². The average Bonchev–Trinajstić information content (AvgIpc) is 2.78. The summed E-state index contributed by atoms with van der Waals surface area (Å²) in [7, 11) is 0. The van der Waals surface area contributed by atoms with Gasteiger partial charge in [0.05, 0.1) is 0 Å². The van der Waals surface area contributed by atoms with Crippen LogP contribution in [-0.2, 0) is 0 Å². The molecule has 98 valence electrons. The molecule has 1 heterocycles. The molecule has 1 nitrogen and oxygen atoms in total. The molecule has 1 aromatic carbocycles. The first-order valence-electron chi connectivity index (χ1n) is 6.82. The number of nitrogens with one attached hydrogen (secondary N) is 1. The van der Waals surface area contributed by atoms with Crippen molar-refractivity contribution in [1.82, 2.24) is 4.98 Å². The molecule has 2 aromatic rings. The Labute approximate surface area is 107 Å². The first-order valence-corrected chi connectivity index (χ1v) is 6.82. The Hall–Kier alpha value is -1.24. The van der Waals surface area contributed by atoms with Crippen LogP contribution in [-0.4, -0.2) is 4.98 Å². The Morgan fingerprint density at radius 1 is 0.824 bits per heavy atom. The van der Waals surface area contributed by atoms with E-state index in [9.17, 15) is 0 Å². The van der Waals surface area contributed by atoms with Crippen LogP contribution < -0.4 is 0 Å². The zero-order valence-corrected chi connectivity index (χ0v) is 12.8. The Morgan fingerprint density at radius 3 is 1.88 bits per heavy atom. The third-order valence-electron chi connectivity index (χ3n) is 2.04. The third-order valence-corrected chi connectivity index (χ3v) is 2.04. The summed E-state index contributed by atoms with van der Waals surface area (Å²) < 4.78 is 0. The number of aromatic amines is 1. The number of fused-ring (bicyclic) bond motifs is 1. The lowest BCUT2D eigenvalue weighted by Crippen LogP contribution is -1.72. The van der Waals surface area contributed by atoms with Crippen molar-refractivity contribution in [2.45, 2.75) is 55.4 Å². The van der Waals surface area contributed by atoms with E-state index in [1.165, 1.54) is 22.0 Å². The lowest BCUT2D eigenvalue weighted by molar-refractivity contribution is 1.42. The van der Waals surface area contributed by atoms with E-state index in [0.717, 1.165) is 0 Å². The van der Waals surface area contributed by atoms with Gasteiger partial charge in [-0.2, -0.15) is 0 Å². The Bertz CT molecular complexity index is 385. The molecule has 0 fully saturated rings. The molecule has 0 saturated heterocycles. The van der Waals surface area contributed by atoms with Gasteiger partial charge in [0, 0.05) is 17.1 Å². The number of benzene rings is 1. The van der Waals surface area contributed by atoms with Crippen LogP contribution in [0.3, 0.4) is 0 Å². The lowest BCUT2D eigenvalue weighted by atomic mass is 10.1. The molecule has 17 heavy (non-hydrogen) atoms. The standard InChI is InChI=1S/C10H11N.3C2H6/c1-7-3-4-10-9(5-7)8(2)6-11-10;3*1-2/h3-6,11H,1-2H3;3*1-2H3. The van der Waals surface area contributed by atoms with Gasteiger partial charge in [-0.25, -0.2) is 0 Å². The average molecular weight is 235 g/mol. The van der Waals surface area contributed by atoms with Crippen LogP contribution in [0.2, 0.25) is 0 Å². The van der Waals surface area contributed by atoms with Crippen LogP contribution in [0.5, 0.6) is 0 Å². The molecule has 0 radical (unpaired) electrons. The number of hydrogen-bond acceptors (Lipinski definition) is 0. The summed E-state index contributed by atoms with van der Waals surface area (Å²) in [5.41, 5.74) is 3.87. The minimum absolute atomic E-state index is 1.23. The minimum Gasteiger partial charge on any atom is -0.361 e. The van der Waals surface area contributed by atoms with Crippen LogP contribution in [0.1, 0.15) is 52.7 Å². The van der Waals surface area contributed by atoms with Gasteiger partial charge in [0.1, 0.15) is 0 Å². The maximum absolute atomic E-state index is 3.22. The lowest BCUT2D eigenvalue weighted by Gasteiger charge is -1.92. The van der Waals surface area contributed by atoms with Crippen molar-refractivity contribution in [2.24, 2.45) is 0 Å². The smallest absolute Gasteiger partial charge is 0.0456 e. The van der Waals surface area contributed by atoms with Crippen molar-refractivity contribution < 1.29 is 0 Å². The van der Waals surface area contributed by atoms with Crippen LogP contribution in [0.4, 0.5) is 0 Å². The summed E-state index contributed by atoms with van der Waals surface area (Å²) in [5, 5.41) is 1.34. The van der Waals surface area contributed by atoms with E-state index < -0.39 is 0 Å². The first-order chi connectivity index (χ1) is 8.27. The largest absolute Gasteiger partial charge is 0.361 e. The van der Waals surface area contributed by atoms with Gasteiger partial charge < -0.3 is 4.98 Å². The summed E-state index contributed by atoms with van der Waals surface area (Å²) in [6.07, 6.45) is 2.05. The van der Waals surface area contributed by atoms with Crippen molar-refractivity contribution >= 4 is 10.9 Å². The SMILES string of the molecule is CC.CC.CC.Cc1ccc2[nH]cc(C)c2c1. The molecule has 0 aliphatic rings. The van der Waals surface area contributed by atoms with E-state index >= 15 is 0 Å². The maximum Gasteiger partial charge on any atom is 0.0456 e. The Morgan fingerprint density at radius 2 is 1.35 bits per heavy atom. The molecule has 0 aliphatic heterocycles. The highest BCUT2D eigenvalue weighted by Gasteiger charge is 1.97. The predicted molar refractivity (Wildman–Crippen MR) is 81.8 cm³/mol. The van der Waals surface area contributed by atoms with Gasteiger partial charge in [-0.1, -0.05) is 53.2 Å². The summed E-state index contributed by atoms with van der Waals surface area (Å²) in [4.78, 5) is 3.22. The van der Waals surface area contributed by atoms with E-state index in [4.69, 9.17) is 0 Å². The molecule has 0 amide bonds. The Kier molecular flexibility index (Phi) is 12.0. The van der Waals surface area contributed by atoms with E-state index in [1.807, 2.05) is 47.7 Å². The topological polar surface area (TPSA) is 15.8 Å². The van der Waals surface area contributed by atoms with Crippen molar-refractivity contribution in [3.63, 3.8) is 0 Å². The summed E-state index contributed by atoms with van der Waals surface area (Å²) >= 11 is 0. The van der Waals surface area contributed by atoms with Gasteiger partial charge in [0.15, 0.2) is 0 Å². The van der Waals surface area contributed by atoms with Crippen LogP contribution >= 0.6 is 0 Å². The molecule has 1 heteroatoms. The molecule has 0 bridgehead atoms. The summed E-state index contributed by atoms with van der Waals surface area (Å²) in [6, 6.07) is 6.46. The van der Waals surface area contributed by atoms with Crippen LogP contribution in [0.25, 0.3) is 10.9 Å². The van der Waals surface area contributed by atoms with Gasteiger partial charge >= 0.3 is 0 Å². The third kappa shape index (κ3) is 5.58. The number of hydrogen-bond donors (Lipinski definition) is 1. The first kappa shape index (κ1) is 18.1. The zero-order valence-electron chi connectivity index (χ0n) is 12.8. The number of aromatic nitrogens is 1. The predicted octanol–water partition coefficient (Wildman–Crippen LogP) is 5.86. The highest BCUT2D eigenvalue weighted by molar-refractivity contribution is 5.83. The molecule has 0 aliphatic carbocycles. The summed E-state index contributed by atoms with van der Waals surface area (Å²) in [6.45, 7) is 16.2. The van der Waals surface area contributed by atoms with Gasteiger partial charge in [0.25, 0.3) is 0 Å². The molecule has 1 aromatic heterocycles. The van der Waals surface area contributed by atoms with Crippen molar-refractivity contribution in [3.05, 3.63) is 35.5 Å². The Balaban J connectivity index is 0. The fourth-order valence-electron chi connectivity index (χ4n) is 1.37. The van der Waals surface area contributed by atoms with Gasteiger partial charge in [-0.05, 0) is 31.5 Å². The molecule has 2 rings (SSSR count). The maximum atomic E-state index is 3.22. The normalized spacial score (nSPS) is 8.00. The number of rotatable bonds is 0. The van der Waals surface area contributed by atoms with Gasteiger partial charge in [-0.3, -0.25) is 0 Å². The van der Waals surface area contributed by atoms with Crippen molar-refractivity contribution in [3.8, 4) is 0 Å². The quantitative estimate of drug-likeness (QED) is 0.588. The van der Waals surface area contributed by atoms with Gasteiger partial charge in [0.2, 0.25) is 0 Å². The van der Waals surface area contributed by atoms with Crippen LogP contribution in [0, 0.1) is 13.8 Å². The molecular formula is C16H29N. The second-order valence-electron chi connectivity index (χ2n) is 3.02. The minimum atomic E-state index is 1.23. The molecule has 0 spiro atoms. The molecular weight excluding hydrogens is 206 g/mol. The van der Waals surface area contributed by atoms with E-state index in [-0.39, 0.29) is 0 Å². The second kappa shape index (κ2) is 11.3. The van der Waals surface area contributed by atoms with E-state index in [2.05, 4.69) is 37.0 Å². The highest BCUT2D eigenvalue weighted by Crippen LogP contribution is 2.17. The molecule has 1 N–H and O–H groups in total. The van der Waals surface area contributed by atoms with E-state index in [1.54, 1.807) is 0 Å². The van der Waals surface area contributed by atoms with Gasteiger partial charge in [-0.15, -0.1) is 0 Å². The molecule has 0 atom stereocenters.